The molecular weight excluding hydrogens is 198 g/mol. The Hall–Kier alpha value is -0.550. The molecule has 2 nitrogen and oxygen atoms in total. The van der Waals surface area contributed by atoms with Gasteiger partial charge in [-0.1, -0.05) is 34.6 Å². The smallest absolute Gasteiger partial charge is 0.0815 e. The molecule has 0 aliphatic heterocycles. The Balaban J connectivity index is 3.01. The van der Waals surface area contributed by atoms with Crippen LogP contribution in [0.1, 0.15) is 60.3 Å². The molecule has 1 aliphatic carbocycles. The third kappa shape index (κ3) is 2.77. The zero-order valence-electron chi connectivity index (χ0n) is 11.3. The maximum Gasteiger partial charge on any atom is 0.0815 e. The summed E-state index contributed by atoms with van der Waals surface area (Å²) in [5.74, 6) is -0.230. The van der Waals surface area contributed by atoms with E-state index in [9.17, 15) is 10.4 Å². The van der Waals surface area contributed by atoms with E-state index in [1.54, 1.807) is 0 Å². The summed E-state index contributed by atoms with van der Waals surface area (Å²) in [5, 5.41) is 20.0. The van der Waals surface area contributed by atoms with Crippen LogP contribution in [-0.4, -0.2) is 10.7 Å². The first-order valence-electron chi connectivity index (χ1n) is 6.26. The largest absolute Gasteiger partial charge is 0.388 e. The van der Waals surface area contributed by atoms with Gasteiger partial charge in [0.25, 0.3) is 0 Å². The fraction of sp³-hybridized carbons (Fsp3) is 0.929. The predicted octanol–water partition coefficient (Wildman–Crippen LogP) is 3.50. The molecule has 0 heterocycles. The van der Waals surface area contributed by atoms with Gasteiger partial charge in [-0.05, 0) is 36.5 Å². The van der Waals surface area contributed by atoms with Crippen LogP contribution in [0.25, 0.3) is 0 Å². The highest BCUT2D eigenvalue weighted by Gasteiger charge is 2.49. The van der Waals surface area contributed by atoms with Crippen molar-refractivity contribution in [1.82, 2.24) is 0 Å². The lowest BCUT2D eigenvalue weighted by molar-refractivity contribution is -0.109. The Morgan fingerprint density at radius 1 is 1.12 bits per heavy atom. The molecule has 0 spiro atoms. The van der Waals surface area contributed by atoms with Crippen LogP contribution >= 0.6 is 0 Å². The minimum Gasteiger partial charge on any atom is -0.388 e. The van der Waals surface area contributed by atoms with Crippen LogP contribution in [0, 0.1) is 28.1 Å². The van der Waals surface area contributed by atoms with E-state index in [2.05, 4.69) is 33.8 Å². The molecule has 0 aromatic carbocycles. The van der Waals surface area contributed by atoms with E-state index in [4.69, 9.17) is 0 Å². The van der Waals surface area contributed by atoms with Crippen LogP contribution in [0.2, 0.25) is 0 Å². The van der Waals surface area contributed by atoms with Crippen molar-refractivity contribution in [3.8, 4) is 6.07 Å². The Kier molecular flexibility index (Phi) is 3.41. The lowest BCUT2D eigenvalue weighted by Crippen LogP contribution is -2.50. The van der Waals surface area contributed by atoms with Gasteiger partial charge < -0.3 is 5.11 Å². The van der Waals surface area contributed by atoms with Gasteiger partial charge in [-0.3, -0.25) is 0 Å². The van der Waals surface area contributed by atoms with Gasteiger partial charge >= 0.3 is 0 Å². The van der Waals surface area contributed by atoms with Gasteiger partial charge in [0.2, 0.25) is 0 Å². The monoisotopic (exact) mass is 223 g/mol. The van der Waals surface area contributed by atoms with Gasteiger partial charge in [0.05, 0.1) is 17.6 Å². The van der Waals surface area contributed by atoms with Crippen molar-refractivity contribution in [1.29, 1.82) is 5.26 Å². The first-order chi connectivity index (χ1) is 7.14. The highest BCUT2D eigenvalue weighted by Crippen LogP contribution is 2.52. The molecule has 0 saturated heterocycles. The van der Waals surface area contributed by atoms with Gasteiger partial charge in [-0.15, -0.1) is 0 Å². The second kappa shape index (κ2) is 4.04. The van der Waals surface area contributed by atoms with E-state index >= 15 is 0 Å². The normalized spacial score (nSPS) is 28.1. The van der Waals surface area contributed by atoms with Crippen LogP contribution < -0.4 is 0 Å². The average Bonchev–Trinajstić information content (AvgIpc) is 1.97. The zero-order valence-corrected chi connectivity index (χ0v) is 11.3. The van der Waals surface area contributed by atoms with Crippen LogP contribution in [0.15, 0.2) is 0 Å². The molecule has 0 aromatic heterocycles. The van der Waals surface area contributed by atoms with E-state index in [0.717, 1.165) is 25.7 Å². The Morgan fingerprint density at radius 3 is 1.88 bits per heavy atom. The summed E-state index contributed by atoms with van der Waals surface area (Å²) in [4.78, 5) is 0. The van der Waals surface area contributed by atoms with Gasteiger partial charge in [-0.25, -0.2) is 0 Å². The quantitative estimate of drug-likeness (QED) is 0.778. The average molecular weight is 223 g/mol. The van der Waals surface area contributed by atoms with Gasteiger partial charge in [-0.2, -0.15) is 5.26 Å². The third-order valence-electron chi connectivity index (χ3n) is 3.74. The molecule has 1 fully saturated rings. The minimum atomic E-state index is -0.797. The molecule has 1 unspecified atom stereocenters. The highest BCUT2D eigenvalue weighted by molar-refractivity contribution is 5.06. The number of hydrogen-bond acceptors (Lipinski definition) is 2. The maximum atomic E-state index is 10.8. The Labute approximate surface area is 99.7 Å². The molecule has 92 valence electrons. The van der Waals surface area contributed by atoms with Gasteiger partial charge in [0, 0.05) is 0 Å². The van der Waals surface area contributed by atoms with Crippen molar-refractivity contribution in [2.75, 3.05) is 0 Å². The van der Waals surface area contributed by atoms with Crippen LogP contribution in [-0.2, 0) is 0 Å². The second-order valence-electron chi connectivity index (χ2n) is 7.05. The van der Waals surface area contributed by atoms with E-state index < -0.39 is 5.60 Å². The molecule has 0 aromatic rings. The molecule has 1 saturated carbocycles. The fourth-order valence-corrected chi connectivity index (χ4v) is 3.98. The minimum absolute atomic E-state index is 0.126. The molecule has 16 heavy (non-hydrogen) atoms. The van der Waals surface area contributed by atoms with Crippen molar-refractivity contribution >= 4 is 0 Å². The van der Waals surface area contributed by atoms with Crippen LogP contribution in [0.5, 0.6) is 0 Å². The topological polar surface area (TPSA) is 44.0 Å². The summed E-state index contributed by atoms with van der Waals surface area (Å²) >= 11 is 0. The van der Waals surface area contributed by atoms with E-state index in [-0.39, 0.29) is 16.7 Å². The summed E-state index contributed by atoms with van der Waals surface area (Å²) in [5.41, 5.74) is -0.545. The maximum absolute atomic E-state index is 10.8. The van der Waals surface area contributed by atoms with Crippen molar-refractivity contribution in [3.05, 3.63) is 0 Å². The Morgan fingerprint density at radius 2 is 1.56 bits per heavy atom. The number of nitrogens with zero attached hydrogens (tertiary/aromatic N) is 1. The molecule has 1 rings (SSSR count). The van der Waals surface area contributed by atoms with E-state index in [1.807, 2.05) is 6.92 Å². The molecule has 0 bridgehead atoms. The fourth-order valence-electron chi connectivity index (χ4n) is 3.98. The van der Waals surface area contributed by atoms with E-state index in [0.29, 0.717) is 0 Å². The van der Waals surface area contributed by atoms with Crippen molar-refractivity contribution in [2.45, 2.75) is 65.9 Å². The van der Waals surface area contributed by atoms with Crippen molar-refractivity contribution < 1.29 is 5.11 Å². The molecule has 0 radical (unpaired) electrons. The lowest BCUT2D eigenvalue weighted by Gasteiger charge is -2.51. The number of hydrogen-bond donors (Lipinski definition) is 1. The molecule has 2 heteroatoms. The molecule has 1 aliphatic rings. The molecule has 1 N–H and O–H groups in total. The summed E-state index contributed by atoms with van der Waals surface area (Å²) < 4.78 is 0. The zero-order chi connectivity index (χ0) is 12.6. The molecule has 1 atom stereocenters. The van der Waals surface area contributed by atoms with Crippen molar-refractivity contribution in [2.24, 2.45) is 16.7 Å². The predicted molar refractivity (Wildman–Crippen MR) is 65.8 cm³/mol. The summed E-state index contributed by atoms with van der Waals surface area (Å²) in [7, 11) is 0. The first kappa shape index (κ1) is 13.5. The van der Waals surface area contributed by atoms with Crippen molar-refractivity contribution in [3.63, 3.8) is 0 Å². The number of rotatable bonds is 2. The number of aliphatic hydroxyl groups is 1. The summed E-state index contributed by atoms with van der Waals surface area (Å²) in [6, 6.07) is 2.29. The second-order valence-corrected chi connectivity index (χ2v) is 7.05. The summed E-state index contributed by atoms with van der Waals surface area (Å²) in [6.45, 7) is 10.8. The van der Waals surface area contributed by atoms with Crippen LogP contribution in [0.4, 0.5) is 0 Å². The number of nitriles is 1. The van der Waals surface area contributed by atoms with Gasteiger partial charge in [0.15, 0.2) is 0 Å². The van der Waals surface area contributed by atoms with E-state index in [1.165, 1.54) is 0 Å². The highest BCUT2D eigenvalue weighted by atomic mass is 16.3. The van der Waals surface area contributed by atoms with Gasteiger partial charge in [0.1, 0.15) is 0 Å². The third-order valence-corrected chi connectivity index (χ3v) is 3.74. The SMILES string of the molecule is CCC(C#N)C1(O)CC(C)(C)CC(C)(C)C1. The summed E-state index contributed by atoms with van der Waals surface area (Å²) in [6.07, 6.45) is 3.34. The lowest BCUT2D eigenvalue weighted by atomic mass is 9.57. The molecular formula is C14H25NO. The Bertz CT molecular complexity index is 282. The first-order valence-corrected chi connectivity index (χ1v) is 6.26. The standard InChI is InChI=1S/C14H25NO/c1-6-11(7-15)14(16)9-12(2,3)8-13(4,5)10-14/h11,16H,6,8-10H2,1-5H3. The molecule has 0 amide bonds. The van der Waals surface area contributed by atoms with Crippen LogP contribution in [0.3, 0.4) is 0 Å².